The van der Waals surface area contributed by atoms with Gasteiger partial charge in [0, 0.05) is 18.9 Å². The third-order valence-corrected chi connectivity index (χ3v) is 2.86. The number of aromatic nitrogens is 1. The van der Waals surface area contributed by atoms with Gasteiger partial charge in [0.1, 0.15) is 11.6 Å². The molecule has 1 aromatic carbocycles. The van der Waals surface area contributed by atoms with Gasteiger partial charge in [-0.3, -0.25) is 9.78 Å². The number of carbonyl (C=O) groups excluding carboxylic acids is 1. The first-order chi connectivity index (χ1) is 10.3. The summed E-state index contributed by atoms with van der Waals surface area (Å²) >= 11 is 0. The number of unbranched alkanes of at least 4 members (excludes halogenated alkanes) is 1. The van der Waals surface area contributed by atoms with Gasteiger partial charge < -0.3 is 10.1 Å². The van der Waals surface area contributed by atoms with Crippen LogP contribution in [0.5, 0.6) is 5.75 Å². The molecule has 0 saturated heterocycles. The minimum Gasteiger partial charge on any atom is -0.494 e. The van der Waals surface area contributed by atoms with Crippen LogP contribution in [0.3, 0.4) is 0 Å². The highest BCUT2D eigenvalue weighted by Crippen LogP contribution is 2.11. The predicted molar refractivity (Wildman–Crippen MR) is 77.7 cm³/mol. The van der Waals surface area contributed by atoms with Gasteiger partial charge in [-0.15, -0.1) is 0 Å². The standard InChI is InChI=1S/C16H17FN2O2/c17-14-5-7-15(8-6-14)21-11-2-1-10-19-16(20)13-4-3-9-18-12-13/h3-9,12H,1-2,10-11H2,(H,19,20). The summed E-state index contributed by atoms with van der Waals surface area (Å²) in [4.78, 5) is 15.6. The summed E-state index contributed by atoms with van der Waals surface area (Å²) in [5.41, 5.74) is 0.556. The van der Waals surface area contributed by atoms with Gasteiger partial charge in [0.2, 0.25) is 0 Å². The average molecular weight is 288 g/mol. The molecule has 0 radical (unpaired) electrons. The lowest BCUT2D eigenvalue weighted by atomic mass is 10.2. The highest BCUT2D eigenvalue weighted by molar-refractivity contribution is 5.93. The van der Waals surface area contributed by atoms with Crippen LogP contribution < -0.4 is 10.1 Å². The Kier molecular flexibility index (Phi) is 5.70. The van der Waals surface area contributed by atoms with E-state index in [1.165, 1.54) is 18.3 Å². The Balaban J connectivity index is 1.58. The average Bonchev–Trinajstić information content (AvgIpc) is 2.53. The van der Waals surface area contributed by atoms with Crippen LogP contribution >= 0.6 is 0 Å². The molecule has 0 saturated carbocycles. The second-order valence-electron chi connectivity index (χ2n) is 4.51. The molecular formula is C16H17FN2O2. The van der Waals surface area contributed by atoms with Crippen molar-refractivity contribution in [2.24, 2.45) is 0 Å². The molecule has 1 aromatic heterocycles. The maximum atomic E-state index is 12.7. The summed E-state index contributed by atoms with van der Waals surface area (Å²) in [5.74, 6) is 0.249. The molecule has 0 bridgehead atoms. The normalized spacial score (nSPS) is 10.1. The van der Waals surface area contributed by atoms with Gasteiger partial charge >= 0.3 is 0 Å². The highest BCUT2D eigenvalue weighted by atomic mass is 19.1. The number of carbonyl (C=O) groups is 1. The molecule has 2 aromatic rings. The largest absolute Gasteiger partial charge is 0.494 e. The summed E-state index contributed by atoms with van der Waals surface area (Å²) in [6.45, 7) is 1.12. The maximum Gasteiger partial charge on any atom is 0.252 e. The van der Waals surface area contributed by atoms with Crippen LogP contribution in [0.1, 0.15) is 23.2 Å². The van der Waals surface area contributed by atoms with Gasteiger partial charge in [-0.25, -0.2) is 4.39 Å². The third-order valence-electron chi connectivity index (χ3n) is 2.86. The molecule has 0 spiro atoms. The number of hydrogen-bond acceptors (Lipinski definition) is 3. The molecule has 0 fully saturated rings. The lowest BCUT2D eigenvalue weighted by Crippen LogP contribution is -2.24. The lowest BCUT2D eigenvalue weighted by molar-refractivity contribution is 0.0952. The first kappa shape index (κ1) is 15.0. The topological polar surface area (TPSA) is 51.2 Å². The smallest absolute Gasteiger partial charge is 0.252 e. The van der Waals surface area contributed by atoms with Crippen molar-refractivity contribution in [2.75, 3.05) is 13.2 Å². The summed E-state index contributed by atoms with van der Waals surface area (Å²) in [6, 6.07) is 9.37. The summed E-state index contributed by atoms with van der Waals surface area (Å²) in [7, 11) is 0. The second-order valence-corrected chi connectivity index (χ2v) is 4.51. The first-order valence-electron chi connectivity index (χ1n) is 6.82. The SMILES string of the molecule is O=C(NCCCCOc1ccc(F)cc1)c1cccnc1. The molecule has 5 heteroatoms. The molecule has 1 N–H and O–H groups in total. The van der Waals surface area contributed by atoms with Gasteiger partial charge in [-0.05, 0) is 49.2 Å². The summed E-state index contributed by atoms with van der Waals surface area (Å²) in [5, 5.41) is 2.82. The molecule has 1 heterocycles. The van der Waals surface area contributed by atoms with Crippen LogP contribution in [0.25, 0.3) is 0 Å². The molecule has 110 valence electrons. The van der Waals surface area contributed by atoms with Crippen molar-refractivity contribution in [1.29, 1.82) is 0 Å². The van der Waals surface area contributed by atoms with Crippen LogP contribution in [0, 0.1) is 5.82 Å². The quantitative estimate of drug-likeness (QED) is 0.797. The van der Waals surface area contributed by atoms with Gasteiger partial charge in [-0.2, -0.15) is 0 Å². The molecule has 4 nitrogen and oxygen atoms in total. The van der Waals surface area contributed by atoms with Gasteiger partial charge in [-0.1, -0.05) is 0 Å². The predicted octanol–water partition coefficient (Wildman–Crippen LogP) is 2.81. The molecule has 0 aliphatic carbocycles. The fraction of sp³-hybridized carbons (Fsp3) is 0.250. The van der Waals surface area contributed by atoms with E-state index in [0.717, 1.165) is 12.8 Å². The van der Waals surface area contributed by atoms with E-state index in [1.807, 2.05) is 0 Å². The van der Waals surface area contributed by atoms with E-state index in [2.05, 4.69) is 10.3 Å². The van der Waals surface area contributed by atoms with E-state index < -0.39 is 0 Å². The van der Waals surface area contributed by atoms with Gasteiger partial charge in [0.15, 0.2) is 0 Å². The van der Waals surface area contributed by atoms with Crippen molar-refractivity contribution in [3.63, 3.8) is 0 Å². The molecule has 0 aliphatic heterocycles. The minimum atomic E-state index is -0.277. The van der Waals surface area contributed by atoms with Crippen LogP contribution in [-0.4, -0.2) is 24.0 Å². The van der Waals surface area contributed by atoms with Crippen molar-refractivity contribution < 1.29 is 13.9 Å². The summed E-state index contributed by atoms with van der Waals surface area (Å²) < 4.78 is 18.2. The van der Waals surface area contributed by atoms with Crippen molar-refractivity contribution in [3.05, 3.63) is 60.2 Å². The number of rotatable bonds is 7. The van der Waals surface area contributed by atoms with Gasteiger partial charge in [0.25, 0.3) is 5.91 Å². The minimum absolute atomic E-state index is 0.123. The number of amides is 1. The summed E-state index contributed by atoms with van der Waals surface area (Å²) in [6.07, 6.45) is 4.79. The number of nitrogens with zero attached hydrogens (tertiary/aromatic N) is 1. The van der Waals surface area contributed by atoms with E-state index in [0.29, 0.717) is 24.5 Å². The Labute approximate surface area is 123 Å². The fourth-order valence-corrected chi connectivity index (χ4v) is 1.75. The molecule has 2 rings (SSSR count). The van der Waals surface area contributed by atoms with Crippen LogP contribution in [0.2, 0.25) is 0 Å². The zero-order valence-corrected chi connectivity index (χ0v) is 11.6. The Morgan fingerprint density at radius 1 is 1.19 bits per heavy atom. The molecule has 1 amide bonds. The third kappa shape index (κ3) is 5.22. The monoisotopic (exact) mass is 288 g/mol. The zero-order chi connectivity index (χ0) is 14.9. The number of hydrogen-bond donors (Lipinski definition) is 1. The van der Waals surface area contributed by atoms with Crippen molar-refractivity contribution >= 4 is 5.91 Å². The number of nitrogens with one attached hydrogen (secondary N) is 1. The van der Waals surface area contributed by atoms with E-state index in [-0.39, 0.29) is 11.7 Å². The first-order valence-corrected chi connectivity index (χ1v) is 6.82. The zero-order valence-electron chi connectivity index (χ0n) is 11.6. The van der Waals surface area contributed by atoms with Crippen LogP contribution in [0.15, 0.2) is 48.8 Å². The molecule has 0 unspecified atom stereocenters. The maximum absolute atomic E-state index is 12.7. The van der Waals surface area contributed by atoms with Crippen LogP contribution in [0.4, 0.5) is 4.39 Å². The molecule has 0 atom stereocenters. The van der Waals surface area contributed by atoms with E-state index in [9.17, 15) is 9.18 Å². The number of benzene rings is 1. The number of halogens is 1. The highest BCUT2D eigenvalue weighted by Gasteiger charge is 2.03. The Hall–Kier alpha value is -2.43. The Morgan fingerprint density at radius 2 is 2.00 bits per heavy atom. The Morgan fingerprint density at radius 3 is 2.71 bits per heavy atom. The van der Waals surface area contributed by atoms with E-state index in [4.69, 9.17) is 4.74 Å². The Bertz CT molecular complexity index is 558. The van der Waals surface area contributed by atoms with Crippen LogP contribution in [-0.2, 0) is 0 Å². The van der Waals surface area contributed by atoms with E-state index in [1.54, 1.807) is 30.5 Å². The number of ether oxygens (including phenoxy) is 1. The second kappa shape index (κ2) is 7.99. The lowest BCUT2D eigenvalue weighted by Gasteiger charge is -2.07. The van der Waals surface area contributed by atoms with Crippen molar-refractivity contribution in [3.8, 4) is 5.75 Å². The van der Waals surface area contributed by atoms with Gasteiger partial charge in [0.05, 0.1) is 12.2 Å². The molecule has 0 aliphatic rings. The van der Waals surface area contributed by atoms with Crippen molar-refractivity contribution in [1.82, 2.24) is 10.3 Å². The van der Waals surface area contributed by atoms with Crippen molar-refractivity contribution in [2.45, 2.75) is 12.8 Å². The number of pyridine rings is 1. The van der Waals surface area contributed by atoms with E-state index >= 15 is 0 Å². The fourth-order valence-electron chi connectivity index (χ4n) is 1.75. The molecule has 21 heavy (non-hydrogen) atoms. The molecular weight excluding hydrogens is 271 g/mol.